The molecule has 24 heavy (non-hydrogen) atoms. The van der Waals surface area contributed by atoms with Gasteiger partial charge in [-0.2, -0.15) is 0 Å². The Hall–Kier alpha value is -2.75. The minimum Gasteiger partial charge on any atom is -0.359 e. The first kappa shape index (κ1) is 10.9. The molecule has 0 spiro atoms. The van der Waals surface area contributed by atoms with Crippen molar-refractivity contribution in [3.05, 3.63) is 66.0 Å². The first-order chi connectivity index (χ1) is 12.9. The van der Waals surface area contributed by atoms with Crippen LogP contribution in [0.15, 0.2) is 49.1 Å². The lowest BCUT2D eigenvalue weighted by Gasteiger charge is -2.31. The van der Waals surface area contributed by atoms with E-state index >= 15 is 0 Å². The molecular formula is C20H20N4. The minimum absolute atomic E-state index is 0.297. The fraction of sp³-hybridized carbons (Fsp3) is 0.250. The average molecular weight is 319 g/mol. The third-order valence-electron chi connectivity index (χ3n) is 5.27. The Labute approximate surface area is 145 Å². The Morgan fingerprint density at radius 3 is 2.79 bits per heavy atom. The third-order valence-corrected chi connectivity index (χ3v) is 5.27. The maximum atomic E-state index is 7.81. The Morgan fingerprint density at radius 2 is 2.00 bits per heavy atom. The highest BCUT2D eigenvalue weighted by Crippen LogP contribution is 2.44. The van der Waals surface area contributed by atoms with Gasteiger partial charge in [0.05, 0.1) is 11.4 Å². The van der Waals surface area contributed by atoms with Crippen LogP contribution in [0.25, 0.3) is 16.5 Å². The van der Waals surface area contributed by atoms with Crippen LogP contribution in [0.4, 0.5) is 5.69 Å². The predicted molar refractivity (Wildman–Crippen MR) is 97.5 cm³/mol. The van der Waals surface area contributed by atoms with Crippen molar-refractivity contribution in [2.75, 3.05) is 11.9 Å². The van der Waals surface area contributed by atoms with Crippen molar-refractivity contribution in [1.29, 1.82) is 0 Å². The summed E-state index contributed by atoms with van der Waals surface area (Å²) in [7, 11) is 0. The highest BCUT2D eigenvalue weighted by atomic mass is 15.4. The molecule has 2 aromatic carbocycles. The van der Waals surface area contributed by atoms with Gasteiger partial charge in [0.25, 0.3) is 0 Å². The van der Waals surface area contributed by atoms with E-state index in [2.05, 4.69) is 45.6 Å². The van der Waals surface area contributed by atoms with E-state index in [1.807, 2.05) is 25.5 Å². The van der Waals surface area contributed by atoms with E-state index in [0.717, 1.165) is 29.2 Å². The van der Waals surface area contributed by atoms with Crippen molar-refractivity contribution in [2.45, 2.75) is 26.4 Å². The number of hydrogen-bond acceptors (Lipinski definition) is 3. The molecule has 2 aliphatic rings. The molecule has 0 bridgehead atoms. The zero-order valence-electron chi connectivity index (χ0n) is 16.7. The highest BCUT2D eigenvalue weighted by molar-refractivity contribution is 5.99. The molecule has 3 aromatic rings. The maximum Gasteiger partial charge on any atom is 0.117 e. The molecule has 2 aliphatic heterocycles. The summed E-state index contributed by atoms with van der Waals surface area (Å²) in [5.74, 6) is 1.02. The van der Waals surface area contributed by atoms with Gasteiger partial charge in [0.2, 0.25) is 0 Å². The van der Waals surface area contributed by atoms with Gasteiger partial charge < -0.3 is 14.4 Å². The molecule has 5 rings (SSSR count). The molecule has 3 heterocycles. The van der Waals surface area contributed by atoms with Gasteiger partial charge in [-0.1, -0.05) is 24.3 Å². The summed E-state index contributed by atoms with van der Waals surface area (Å²) in [6.45, 7) is 1.88. The Balaban J connectivity index is 1.78. The van der Waals surface area contributed by atoms with E-state index in [4.69, 9.17) is 4.11 Å². The van der Waals surface area contributed by atoms with Gasteiger partial charge in [0.1, 0.15) is 12.0 Å². The molecule has 4 nitrogen and oxygen atoms in total. The van der Waals surface area contributed by atoms with Crippen LogP contribution in [0.2, 0.25) is 0 Å². The molecule has 120 valence electrons. The van der Waals surface area contributed by atoms with E-state index in [-0.39, 0.29) is 6.17 Å². The zero-order chi connectivity index (χ0) is 18.9. The van der Waals surface area contributed by atoms with Gasteiger partial charge in [-0.05, 0) is 35.7 Å². The lowest BCUT2D eigenvalue weighted by Crippen LogP contribution is -2.34. The molecular weight excluding hydrogens is 296 g/mol. The van der Waals surface area contributed by atoms with E-state index in [1.54, 1.807) is 6.20 Å². The maximum absolute atomic E-state index is 7.81. The van der Waals surface area contributed by atoms with Crippen molar-refractivity contribution in [2.24, 2.45) is 0 Å². The van der Waals surface area contributed by atoms with Gasteiger partial charge in [0.15, 0.2) is 0 Å². The normalized spacial score (nSPS) is 20.9. The largest absolute Gasteiger partial charge is 0.359 e. The Morgan fingerprint density at radius 1 is 1.17 bits per heavy atom. The van der Waals surface area contributed by atoms with Crippen molar-refractivity contribution in [1.82, 2.24) is 14.5 Å². The number of benzene rings is 2. The fourth-order valence-electron chi connectivity index (χ4n) is 4.02. The second-order valence-electron chi connectivity index (χ2n) is 6.48. The number of nitrogens with zero attached hydrogens (tertiary/aromatic N) is 4. The summed E-state index contributed by atoms with van der Waals surface area (Å²) in [5, 5.41) is 2.44. The summed E-state index contributed by atoms with van der Waals surface area (Å²) in [4.78, 5) is 8.01. The van der Waals surface area contributed by atoms with Crippen LogP contribution < -0.4 is 4.90 Å². The Bertz CT molecular complexity index is 1100. The molecule has 1 atom stereocenters. The van der Waals surface area contributed by atoms with Gasteiger partial charge in [-0.3, -0.25) is 0 Å². The number of fused-ring (bicyclic) bond motifs is 5. The van der Waals surface area contributed by atoms with Crippen LogP contribution in [-0.4, -0.2) is 27.6 Å². The molecule has 0 amide bonds. The van der Waals surface area contributed by atoms with Crippen LogP contribution in [0.5, 0.6) is 0 Å². The minimum atomic E-state index is -2.17. The topological polar surface area (TPSA) is 24.3 Å². The van der Waals surface area contributed by atoms with Crippen molar-refractivity contribution in [3.63, 3.8) is 0 Å². The highest BCUT2D eigenvalue weighted by Gasteiger charge is 2.31. The summed E-state index contributed by atoms with van der Waals surface area (Å²) >= 11 is 0. The molecule has 1 aromatic heterocycles. The third kappa shape index (κ3) is 1.60. The fourth-order valence-corrected chi connectivity index (χ4v) is 4.02. The molecule has 4 heteroatoms. The number of aromatic nitrogens is 2. The predicted octanol–water partition coefficient (Wildman–Crippen LogP) is 3.81. The van der Waals surface area contributed by atoms with Gasteiger partial charge in [0, 0.05) is 42.3 Å². The summed E-state index contributed by atoms with van der Waals surface area (Å²) in [6, 6.07) is 8.42. The van der Waals surface area contributed by atoms with E-state index in [9.17, 15) is 0 Å². The lowest BCUT2D eigenvalue weighted by atomic mass is 9.95. The molecule has 0 aliphatic carbocycles. The first-order valence-corrected chi connectivity index (χ1v) is 8.20. The van der Waals surface area contributed by atoms with Crippen molar-refractivity contribution >= 4 is 16.5 Å². The molecule has 0 N–H and O–H groups in total. The second-order valence-corrected chi connectivity index (χ2v) is 6.48. The standard InChI is InChI=1S/C20H20N4/c1-13-15-6-4-5-7-16(15)17-12-18-21-8-9-24(18)20(17)19(13)23-11-10-22(3)14(23)2/h4-11,14H,12H2,1-3H3/t14-/m0/s1/i3D3. The van der Waals surface area contributed by atoms with Gasteiger partial charge >= 0.3 is 0 Å². The van der Waals surface area contributed by atoms with E-state index in [1.165, 1.54) is 21.2 Å². The van der Waals surface area contributed by atoms with E-state index in [0.29, 0.717) is 0 Å². The number of hydrogen-bond donors (Lipinski definition) is 0. The molecule has 0 fully saturated rings. The molecule has 0 saturated heterocycles. The number of imidazole rings is 1. The van der Waals surface area contributed by atoms with Crippen LogP contribution in [0, 0.1) is 6.92 Å². The summed E-state index contributed by atoms with van der Waals surface area (Å²) in [5.41, 5.74) is 4.57. The van der Waals surface area contributed by atoms with Crippen LogP contribution in [0.1, 0.15) is 28.0 Å². The zero-order valence-corrected chi connectivity index (χ0v) is 13.7. The van der Waals surface area contributed by atoms with Crippen LogP contribution in [-0.2, 0) is 6.42 Å². The second kappa shape index (κ2) is 4.63. The average Bonchev–Trinajstić information content (AvgIpc) is 3.30. The monoisotopic (exact) mass is 319 g/mol. The summed E-state index contributed by atoms with van der Waals surface area (Å²) < 4.78 is 25.6. The first-order valence-electron chi connectivity index (χ1n) is 9.70. The number of anilines is 1. The quantitative estimate of drug-likeness (QED) is 0.533. The molecule has 0 saturated carbocycles. The van der Waals surface area contributed by atoms with Crippen molar-refractivity contribution < 1.29 is 4.11 Å². The molecule has 0 radical (unpaired) electrons. The number of aryl methyl sites for hydroxylation is 1. The van der Waals surface area contributed by atoms with Crippen LogP contribution >= 0.6 is 0 Å². The van der Waals surface area contributed by atoms with Gasteiger partial charge in [-0.15, -0.1) is 0 Å². The summed E-state index contributed by atoms with van der Waals surface area (Å²) in [6.07, 6.45) is 7.85. The van der Waals surface area contributed by atoms with Crippen LogP contribution in [0.3, 0.4) is 0 Å². The smallest absolute Gasteiger partial charge is 0.117 e. The van der Waals surface area contributed by atoms with Gasteiger partial charge in [-0.25, -0.2) is 4.98 Å². The SMILES string of the molecule is [2H]C([2H])([2H])N1C=CN(c2c3c(c4ccccc4c2C)Cc2nccn2-3)[C@H]1C. The lowest BCUT2D eigenvalue weighted by molar-refractivity contribution is 0.383. The van der Waals surface area contributed by atoms with E-state index < -0.39 is 6.98 Å². The van der Waals surface area contributed by atoms with Crippen molar-refractivity contribution in [3.8, 4) is 5.69 Å². The Kier molecular flexibility index (Phi) is 2.11. The number of rotatable bonds is 1. The molecule has 0 unspecified atom stereocenters.